The third-order valence-corrected chi connectivity index (χ3v) is 3.63. The molecule has 1 aromatic carbocycles. The van der Waals surface area contributed by atoms with E-state index >= 15 is 0 Å². The zero-order valence-corrected chi connectivity index (χ0v) is 14.1. The Hall–Kier alpha value is -2.07. The molecular weight excluding hydrogens is 314 g/mol. The van der Waals surface area contributed by atoms with Crippen molar-refractivity contribution in [2.75, 3.05) is 20.2 Å². The number of halogens is 1. The second kappa shape index (κ2) is 9.85. The van der Waals surface area contributed by atoms with Gasteiger partial charge in [0.05, 0.1) is 7.11 Å². The lowest BCUT2D eigenvalue weighted by atomic mass is 10.1. The van der Waals surface area contributed by atoms with Gasteiger partial charge in [0.1, 0.15) is 0 Å². The minimum absolute atomic E-state index is 0.153. The average Bonchev–Trinajstić information content (AvgIpc) is 2.56. The molecule has 4 nitrogen and oxygen atoms in total. The maximum absolute atomic E-state index is 12.4. The maximum Gasteiger partial charge on any atom is 0.305 e. The summed E-state index contributed by atoms with van der Waals surface area (Å²) in [6.07, 6.45) is 2.83. The highest BCUT2D eigenvalue weighted by Gasteiger charge is 2.16. The van der Waals surface area contributed by atoms with Gasteiger partial charge >= 0.3 is 5.97 Å². The molecule has 0 aliphatic heterocycles. The summed E-state index contributed by atoms with van der Waals surface area (Å²) in [6.45, 7) is 8.44. The third kappa shape index (κ3) is 6.70. The molecule has 124 valence electrons. The number of hydrogen-bond donors (Lipinski definition) is 0. The zero-order valence-electron chi connectivity index (χ0n) is 13.4. The number of carbonyl (C=O) groups is 2. The SMILES string of the molecule is C=CCN(CCc1ccc(Cl)cc1)C(=O)C(=C)CCC(=O)OC. The molecule has 1 rings (SSSR count). The van der Waals surface area contributed by atoms with Crippen molar-refractivity contribution in [1.82, 2.24) is 4.90 Å². The van der Waals surface area contributed by atoms with Crippen molar-refractivity contribution < 1.29 is 14.3 Å². The molecule has 0 N–H and O–H groups in total. The van der Waals surface area contributed by atoms with Crippen LogP contribution in [0.15, 0.2) is 49.1 Å². The summed E-state index contributed by atoms with van der Waals surface area (Å²) in [4.78, 5) is 25.2. The van der Waals surface area contributed by atoms with E-state index in [1.807, 2.05) is 24.3 Å². The molecule has 0 saturated heterocycles. The van der Waals surface area contributed by atoms with Crippen LogP contribution >= 0.6 is 11.6 Å². The molecule has 0 atom stereocenters. The first-order valence-electron chi connectivity index (χ1n) is 7.37. The van der Waals surface area contributed by atoms with Crippen LogP contribution in [0.3, 0.4) is 0 Å². The average molecular weight is 336 g/mol. The van der Waals surface area contributed by atoms with Gasteiger partial charge in [-0.05, 0) is 30.5 Å². The number of hydrogen-bond acceptors (Lipinski definition) is 3. The molecule has 0 aromatic heterocycles. The van der Waals surface area contributed by atoms with Crippen LogP contribution in [0.1, 0.15) is 18.4 Å². The predicted octanol–water partition coefficient (Wildman–Crippen LogP) is 3.41. The molecule has 0 radical (unpaired) electrons. The molecule has 0 unspecified atom stereocenters. The standard InChI is InChI=1S/C18H22ClNO3/c1-4-12-20(13-11-15-6-8-16(19)9-7-15)18(22)14(2)5-10-17(21)23-3/h4,6-9H,1-2,5,10-13H2,3H3. The molecule has 0 saturated carbocycles. The Morgan fingerprint density at radius 3 is 2.48 bits per heavy atom. The molecule has 0 aliphatic rings. The summed E-state index contributed by atoms with van der Waals surface area (Å²) in [5, 5.41) is 0.684. The van der Waals surface area contributed by atoms with Crippen LogP contribution < -0.4 is 0 Å². The normalized spacial score (nSPS) is 10.0. The van der Waals surface area contributed by atoms with E-state index < -0.39 is 0 Å². The Labute approximate surface area is 142 Å². The van der Waals surface area contributed by atoms with Gasteiger partial charge in [-0.2, -0.15) is 0 Å². The fraction of sp³-hybridized carbons (Fsp3) is 0.333. The Kier molecular flexibility index (Phi) is 8.13. The van der Waals surface area contributed by atoms with Gasteiger partial charge in [-0.1, -0.05) is 36.4 Å². The van der Waals surface area contributed by atoms with Crippen molar-refractivity contribution in [1.29, 1.82) is 0 Å². The first-order chi connectivity index (χ1) is 11.0. The Balaban J connectivity index is 2.59. The number of ether oxygens (including phenoxy) is 1. The quantitative estimate of drug-likeness (QED) is 0.395. The van der Waals surface area contributed by atoms with Crippen LogP contribution in [0.4, 0.5) is 0 Å². The number of amides is 1. The van der Waals surface area contributed by atoms with Gasteiger partial charge in [0.15, 0.2) is 0 Å². The van der Waals surface area contributed by atoms with E-state index in [1.54, 1.807) is 11.0 Å². The van der Waals surface area contributed by atoms with Crippen LogP contribution in [0.2, 0.25) is 5.02 Å². The van der Waals surface area contributed by atoms with Gasteiger partial charge < -0.3 is 9.64 Å². The molecule has 0 bridgehead atoms. The van der Waals surface area contributed by atoms with E-state index in [1.165, 1.54) is 7.11 Å². The summed E-state index contributed by atoms with van der Waals surface area (Å²) in [7, 11) is 1.32. The molecule has 0 spiro atoms. The fourth-order valence-corrected chi connectivity index (χ4v) is 2.16. The molecule has 23 heavy (non-hydrogen) atoms. The monoisotopic (exact) mass is 335 g/mol. The largest absolute Gasteiger partial charge is 0.469 e. The second-order valence-electron chi connectivity index (χ2n) is 5.10. The number of benzene rings is 1. The lowest BCUT2D eigenvalue weighted by Crippen LogP contribution is -2.34. The molecule has 0 aliphatic carbocycles. The van der Waals surface area contributed by atoms with Gasteiger partial charge in [0.25, 0.3) is 0 Å². The van der Waals surface area contributed by atoms with Crippen molar-refractivity contribution >= 4 is 23.5 Å². The van der Waals surface area contributed by atoms with E-state index in [9.17, 15) is 9.59 Å². The summed E-state index contributed by atoms with van der Waals surface area (Å²) in [6, 6.07) is 7.52. The van der Waals surface area contributed by atoms with Crippen LogP contribution in [0.25, 0.3) is 0 Å². The van der Waals surface area contributed by atoms with Crippen molar-refractivity contribution in [2.45, 2.75) is 19.3 Å². The number of esters is 1. The molecular formula is C18H22ClNO3. The summed E-state index contributed by atoms with van der Waals surface area (Å²) < 4.78 is 4.57. The van der Waals surface area contributed by atoms with Crippen LogP contribution in [-0.2, 0) is 20.7 Å². The summed E-state index contributed by atoms with van der Waals surface area (Å²) in [5.74, 6) is -0.516. The van der Waals surface area contributed by atoms with Gasteiger partial charge in [-0.25, -0.2) is 0 Å². The van der Waals surface area contributed by atoms with Crippen molar-refractivity contribution in [2.24, 2.45) is 0 Å². The smallest absolute Gasteiger partial charge is 0.305 e. The van der Waals surface area contributed by atoms with Crippen molar-refractivity contribution in [3.05, 3.63) is 59.7 Å². The van der Waals surface area contributed by atoms with Crippen LogP contribution in [0.5, 0.6) is 0 Å². The maximum atomic E-state index is 12.4. The lowest BCUT2D eigenvalue weighted by molar-refractivity contribution is -0.140. The van der Waals surface area contributed by atoms with Crippen LogP contribution in [0, 0.1) is 0 Å². The predicted molar refractivity (Wildman–Crippen MR) is 92.3 cm³/mol. The van der Waals surface area contributed by atoms with Gasteiger partial charge in [0, 0.05) is 30.1 Å². The minimum Gasteiger partial charge on any atom is -0.469 e. The molecule has 0 fully saturated rings. The number of rotatable bonds is 9. The highest BCUT2D eigenvalue weighted by molar-refractivity contribution is 6.30. The second-order valence-corrected chi connectivity index (χ2v) is 5.53. The number of methoxy groups -OCH3 is 1. The lowest BCUT2D eigenvalue weighted by Gasteiger charge is -2.22. The minimum atomic E-state index is -0.351. The van der Waals surface area contributed by atoms with Gasteiger partial charge in [-0.15, -0.1) is 6.58 Å². The Bertz CT molecular complexity index is 566. The highest BCUT2D eigenvalue weighted by atomic mass is 35.5. The van der Waals surface area contributed by atoms with E-state index in [2.05, 4.69) is 17.9 Å². The van der Waals surface area contributed by atoms with Crippen molar-refractivity contribution in [3.63, 3.8) is 0 Å². The van der Waals surface area contributed by atoms with Gasteiger partial charge in [-0.3, -0.25) is 9.59 Å². The summed E-state index contributed by atoms with van der Waals surface area (Å²) in [5.41, 5.74) is 1.49. The van der Waals surface area contributed by atoms with Crippen molar-refractivity contribution in [3.8, 4) is 0 Å². The molecule has 0 heterocycles. The molecule has 1 amide bonds. The van der Waals surface area contributed by atoms with E-state index in [-0.39, 0.29) is 18.3 Å². The zero-order chi connectivity index (χ0) is 17.2. The van der Waals surface area contributed by atoms with E-state index in [0.29, 0.717) is 36.5 Å². The first kappa shape index (κ1) is 19.0. The number of carbonyl (C=O) groups excluding carboxylic acids is 2. The number of nitrogens with zero attached hydrogens (tertiary/aromatic N) is 1. The topological polar surface area (TPSA) is 46.6 Å². The van der Waals surface area contributed by atoms with E-state index in [0.717, 1.165) is 5.56 Å². The fourth-order valence-electron chi connectivity index (χ4n) is 2.03. The Morgan fingerprint density at radius 2 is 1.91 bits per heavy atom. The Morgan fingerprint density at radius 1 is 1.26 bits per heavy atom. The van der Waals surface area contributed by atoms with E-state index in [4.69, 9.17) is 11.6 Å². The third-order valence-electron chi connectivity index (χ3n) is 3.38. The molecule has 1 aromatic rings. The molecule has 5 heteroatoms. The highest BCUT2D eigenvalue weighted by Crippen LogP contribution is 2.12. The summed E-state index contributed by atoms with van der Waals surface area (Å²) >= 11 is 5.86. The first-order valence-corrected chi connectivity index (χ1v) is 7.75. The van der Waals surface area contributed by atoms with Gasteiger partial charge in [0.2, 0.25) is 5.91 Å². The van der Waals surface area contributed by atoms with Crippen LogP contribution in [-0.4, -0.2) is 37.0 Å².